The van der Waals surface area contributed by atoms with Crippen LogP contribution in [0.25, 0.3) is 0 Å². The van der Waals surface area contributed by atoms with Crippen LogP contribution in [0.4, 0.5) is 0 Å². The first-order valence-electron chi connectivity index (χ1n) is 2.00. The average Bonchev–Trinajstić information content (AvgIpc) is 1.72. The largest absolute Gasteiger partial charge is 1.00 e. The standard InChI is InChI=1S/C6H6.ClH.K/c1-2-4-6-5-3-1;;/h1-6H;1H;/q;;+1/p-1. The fourth-order valence-electron chi connectivity index (χ4n) is 0.385. The van der Waals surface area contributed by atoms with Crippen molar-refractivity contribution in [1.29, 1.82) is 0 Å². The summed E-state index contributed by atoms with van der Waals surface area (Å²) in [4.78, 5) is 0. The van der Waals surface area contributed by atoms with Gasteiger partial charge in [-0.2, -0.15) is 0 Å². The minimum absolute atomic E-state index is 0. The molecule has 0 amide bonds. The van der Waals surface area contributed by atoms with Gasteiger partial charge in [-0.3, -0.25) is 0 Å². The molecule has 0 aliphatic heterocycles. The third kappa shape index (κ3) is 5.29. The molecule has 1 rings (SSSR count). The summed E-state index contributed by atoms with van der Waals surface area (Å²) in [5.41, 5.74) is 0. The Morgan fingerprint density at radius 1 is 0.500 bits per heavy atom. The van der Waals surface area contributed by atoms with E-state index in [9.17, 15) is 0 Å². The SMILES string of the molecule is [Cl-].[K+].c1ccccc1. The van der Waals surface area contributed by atoms with Crippen molar-refractivity contribution in [3.63, 3.8) is 0 Å². The van der Waals surface area contributed by atoms with Gasteiger partial charge < -0.3 is 12.4 Å². The molecule has 38 valence electrons. The molecule has 0 unspecified atom stereocenters. The third-order valence-electron chi connectivity index (χ3n) is 0.667. The van der Waals surface area contributed by atoms with Gasteiger partial charge in [-0.1, -0.05) is 36.4 Å². The first-order valence-corrected chi connectivity index (χ1v) is 2.00. The van der Waals surface area contributed by atoms with Gasteiger partial charge in [-0.25, -0.2) is 0 Å². The Kier molecular flexibility index (Phi) is 12.1. The predicted molar refractivity (Wildman–Crippen MR) is 26.4 cm³/mol. The molecule has 0 nitrogen and oxygen atoms in total. The normalized spacial score (nSPS) is 6.00. The third-order valence-corrected chi connectivity index (χ3v) is 0.667. The van der Waals surface area contributed by atoms with Crippen LogP contribution in [-0.4, -0.2) is 0 Å². The molecule has 1 aromatic rings. The van der Waals surface area contributed by atoms with Gasteiger partial charge in [0.15, 0.2) is 0 Å². The van der Waals surface area contributed by atoms with Crippen LogP contribution in [0.1, 0.15) is 0 Å². The predicted octanol–water partition coefficient (Wildman–Crippen LogP) is -4.31. The molecule has 0 fully saturated rings. The topological polar surface area (TPSA) is 0 Å². The van der Waals surface area contributed by atoms with Crippen molar-refractivity contribution in [3.05, 3.63) is 36.4 Å². The first-order chi connectivity index (χ1) is 3.00. The van der Waals surface area contributed by atoms with Gasteiger partial charge in [0.05, 0.1) is 0 Å². The summed E-state index contributed by atoms with van der Waals surface area (Å²) >= 11 is 0. The molecular weight excluding hydrogens is 147 g/mol. The molecule has 2 heteroatoms. The van der Waals surface area contributed by atoms with E-state index >= 15 is 0 Å². The van der Waals surface area contributed by atoms with Crippen molar-refractivity contribution in [3.8, 4) is 0 Å². The van der Waals surface area contributed by atoms with Crippen LogP contribution >= 0.6 is 0 Å². The van der Waals surface area contributed by atoms with Crippen molar-refractivity contribution in [2.24, 2.45) is 0 Å². The number of rotatable bonds is 0. The van der Waals surface area contributed by atoms with Crippen LogP contribution in [0.2, 0.25) is 0 Å². The van der Waals surface area contributed by atoms with Crippen LogP contribution in [0, 0.1) is 0 Å². The zero-order valence-electron chi connectivity index (χ0n) is 4.84. The molecule has 1 aromatic carbocycles. The van der Waals surface area contributed by atoms with E-state index in [1.54, 1.807) is 0 Å². The van der Waals surface area contributed by atoms with Crippen molar-refractivity contribution < 1.29 is 63.8 Å². The fraction of sp³-hybridized carbons (Fsp3) is 0. The molecule has 0 aliphatic carbocycles. The van der Waals surface area contributed by atoms with Crippen molar-refractivity contribution in [2.75, 3.05) is 0 Å². The van der Waals surface area contributed by atoms with Gasteiger partial charge in [0.2, 0.25) is 0 Å². The summed E-state index contributed by atoms with van der Waals surface area (Å²) in [5.74, 6) is 0. The smallest absolute Gasteiger partial charge is 1.00 e. The first kappa shape index (κ1) is 11.9. The second-order valence-electron chi connectivity index (χ2n) is 1.15. The molecule has 0 N–H and O–H groups in total. The van der Waals surface area contributed by atoms with E-state index in [0.717, 1.165) is 0 Å². The molecule has 0 aliphatic rings. The summed E-state index contributed by atoms with van der Waals surface area (Å²) < 4.78 is 0. The Labute approximate surface area is 98.5 Å². The Bertz CT molecular complexity index is 80.5. The summed E-state index contributed by atoms with van der Waals surface area (Å²) in [6, 6.07) is 12.0. The van der Waals surface area contributed by atoms with E-state index in [1.165, 1.54) is 0 Å². The van der Waals surface area contributed by atoms with Crippen LogP contribution in [0.5, 0.6) is 0 Å². The quantitative estimate of drug-likeness (QED) is 0.330. The van der Waals surface area contributed by atoms with Gasteiger partial charge in [0, 0.05) is 0 Å². The Morgan fingerprint density at radius 2 is 0.625 bits per heavy atom. The van der Waals surface area contributed by atoms with E-state index in [2.05, 4.69) is 0 Å². The van der Waals surface area contributed by atoms with E-state index in [-0.39, 0.29) is 63.8 Å². The van der Waals surface area contributed by atoms with E-state index in [1.807, 2.05) is 36.4 Å². The van der Waals surface area contributed by atoms with Gasteiger partial charge in [-0.05, 0) is 0 Å². The van der Waals surface area contributed by atoms with Crippen LogP contribution in [0.15, 0.2) is 36.4 Å². The summed E-state index contributed by atoms with van der Waals surface area (Å²) in [5, 5.41) is 0. The maximum atomic E-state index is 2.00. The maximum Gasteiger partial charge on any atom is 1.00 e. The Balaban J connectivity index is 0. The minimum atomic E-state index is 0. The second kappa shape index (κ2) is 8.15. The molecular formula is C6H6ClK. The summed E-state index contributed by atoms with van der Waals surface area (Å²) in [7, 11) is 0. The van der Waals surface area contributed by atoms with Crippen molar-refractivity contribution >= 4 is 0 Å². The molecule has 0 spiro atoms. The van der Waals surface area contributed by atoms with E-state index < -0.39 is 0 Å². The van der Waals surface area contributed by atoms with E-state index in [0.29, 0.717) is 0 Å². The van der Waals surface area contributed by atoms with E-state index in [4.69, 9.17) is 0 Å². The number of hydrogen-bond donors (Lipinski definition) is 0. The summed E-state index contributed by atoms with van der Waals surface area (Å²) in [6.07, 6.45) is 0. The van der Waals surface area contributed by atoms with Crippen molar-refractivity contribution in [1.82, 2.24) is 0 Å². The van der Waals surface area contributed by atoms with Gasteiger partial charge in [-0.15, -0.1) is 0 Å². The molecule has 0 atom stereocenters. The molecule has 8 heavy (non-hydrogen) atoms. The molecule has 0 heterocycles. The zero-order chi connectivity index (χ0) is 4.24. The Morgan fingerprint density at radius 3 is 0.750 bits per heavy atom. The summed E-state index contributed by atoms with van der Waals surface area (Å²) in [6.45, 7) is 0. The molecule has 0 radical (unpaired) electrons. The number of halogens is 1. The van der Waals surface area contributed by atoms with Crippen LogP contribution < -0.4 is 63.8 Å². The molecule has 0 saturated carbocycles. The van der Waals surface area contributed by atoms with Crippen molar-refractivity contribution in [2.45, 2.75) is 0 Å². The molecule has 0 aromatic heterocycles. The van der Waals surface area contributed by atoms with Crippen LogP contribution in [0.3, 0.4) is 0 Å². The van der Waals surface area contributed by atoms with Gasteiger partial charge >= 0.3 is 51.4 Å². The molecule has 0 bridgehead atoms. The monoisotopic (exact) mass is 152 g/mol. The maximum absolute atomic E-state index is 2.00. The minimum Gasteiger partial charge on any atom is -1.00 e. The zero-order valence-corrected chi connectivity index (χ0v) is 8.72. The Hall–Kier alpha value is 1.15. The van der Waals surface area contributed by atoms with Crippen LogP contribution in [-0.2, 0) is 0 Å². The average molecular weight is 153 g/mol. The second-order valence-corrected chi connectivity index (χ2v) is 1.15. The van der Waals surface area contributed by atoms with Gasteiger partial charge in [0.25, 0.3) is 0 Å². The number of hydrogen-bond acceptors (Lipinski definition) is 0. The molecule has 0 saturated heterocycles. The van der Waals surface area contributed by atoms with Gasteiger partial charge in [0.1, 0.15) is 0 Å². The number of benzene rings is 1. The fourth-order valence-corrected chi connectivity index (χ4v) is 0.385.